The van der Waals surface area contributed by atoms with Crippen molar-refractivity contribution < 1.29 is 4.74 Å². The molecule has 1 heterocycles. The fourth-order valence-corrected chi connectivity index (χ4v) is 2.21. The monoisotopic (exact) mass is 271 g/mol. The molecule has 0 bridgehead atoms. The topological polar surface area (TPSA) is 47.0 Å². The van der Waals surface area contributed by atoms with Gasteiger partial charge < -0.3 is 10.1 Å². The summed E-state index contributed by atoms with van der Waals surface area (Å²) in [6, 6.07) is 6.17. The van der Waals surface area contributed by atoms with Gasteiger partial charge >= 0.3 is 0 Å². The van der Waals surface area contributed by atoms with Crippen LogP contribution in [0.4, 0.5) is 0 Å². The Labute approximate surface area is 120 Å². The van der Waals surface area contributed by atoms with Crippen LogP contribution in [-0.4, -0.2) is 23.6 Å². The van der Waals surface area contributed by atoms with Crippen LogP contribution in [0.3, 0.4) is 0 Å². The molecule has 0 radical (unpaired) electrons. The zero-order valence-electron chi connectivity index (χ0n) is 12.5. The van der Waals surface area contributed by atoms with Crippen LogP contribution in [0.2, 0.25) is 0 Å². The molecule has 20 heavy (non-hydrogen) atoms. The third-order valence-corrected chi connectivity index (χ3v) is 3.20. The van der Waals surface area contributed by atoms with Crippen molar-refractivity contribution in [3.63, 3.8) is 0 Å². The highest BCUT2D eigenvalue weighted by molar-refractivity contribution is 5.42. The summed E-state index contributed by atoms with van der Waals surface area (Å²) in [7, 11) is 1.69. The zero-order valence-corrected chi connectivity index (χ0v) is 12.5. The van der Waals surface area contributed by atoms with Crippen LogP contribution in [0.1, 0.15) is 35.5 Å². The highest BCUT2D eigenvalue weighted by atomic mass is 16.5. The number of ether oxygens (including phenoxy) is 1. The molecule has 0 saturated carbocycles. The third-order valence-electron chi connectivity index (χ3n) is 3.20. The van der Waals surface area contributed by atoms with Gasteiger partial charge in [0.1, 0.15) is 5.75 Å². The van der Waals surface area contributed by atoms with E-state index in [1.165, 1.54) is 5.56 Å². The fourth-order valence-electron chi connectivity index (χ4n) is 2.21. The van der Waals surface area contributed by atoms with E-state index >= 15 is 0 Å². The van der Waals surface area contributed by atoms with E-state index in [1.54, 1.807) is 13.3 Å². The average Bonchev–Trinajstić information content (AvgIpc) is 2.46. The Bertz CT molecular complexity index is 566. The Balaban J connectivity index is 2.47. The second-order valence-electron chi connectivity index (χ2n) is 4.82. The van der Waals surface area contributed by atoms with Gasteiger partial charge in [0, 0.05) is 11.8 Å². The normalized spacial score (nSPS) is 12.2. The Morgan fingerprint density at radius 2 is 2.00 bits per heavy atom. The van der Waals surface area contributed by atoms with Crippen LogP contribution >= 0.6 is 0 Å². The first kappa shape index (κ1) is 14.5. The van der Waals surface area contributed by atoms with Crippen molar-refractivity contribution in [2.45, 2.75) is 26.8 Å². The smallest absolute Gasteiger partial charge is 0.124 e. The second-order valence-corrected chi connectivity index (χ2v) is 4.82. The lowest BCUT2D eigenvalue weighted by molar-refractivity contribution is 0.403. The molecule has 106 valence electrons. The largest absolute Gasteiger partial charge is 0.496 e. The first-order valence-electron chi connectivity index (χ1n) is 6.82. The number of methoxy groups -OCH3 is 1. The molecule has 0 spiro atoms. The number of hydrogen-bond donors (Lipinski definition) is 1. The van der Waals surface area contributed by atoms with Crippen LogP contribution in [-0.2, 0) is 0 Å². The predicted octanol–water partition coefficient (Wildman–Crippen LogP) is 2.80. The van der Waals surface area contributed by atoms with Crippen LogP contribution in [0, 0.1) is 13.8 Å². The van der Waals surface area contributed by atoms with E-state index in [9.17, 15) is 0 Å². The number of aromatic nitrogens is 2. The molecule has 2 rings (SSSR count). The van der Waals surface area contributed by atoms with E-state index in [2.05, 4.69) is 35.2 Å². The minimum atomic E-state index is -0.0112. The Hall–Kier alpha value is -1.94. The van der Waals surface area contributed by atoms with Crippen LogP contribution in [0.5, 0.6) is 5.75 Å². The Kier molecular flexibility index (Phi) is 4.69. The summed E-state index contributed by atoms with van der Waals surface area (Å²) < 4.78 is 5.48. The van der Waals surface area contributed by atoms with Gasteiger partial charge in [0.25, 0.3) is 0 Å². The Morgan fingerprint density at radius 3 is 2.60 bits per heavy atom. The lowest BCUT2D eigenvalue weighted by Gasteiger charge is -2.20. The van der Waals surface area contributed by atoms with Crippen molar-refractivity contribution in [2.75, 3.05) is 13.7 Å². The van der Waals surface area contributed by atoms with Gasteiger partial charge in [0.15, 0.2) is 0 Å². The quantitative estimate of drug-likeness (QED) is 0.908. The number of aryl methyl sites for hydroxylation is 2. The summed E-state index contributed by atoms with van der Waals surface area (Å²) >= 11 is 0. The molecule has 0 amide bonds. The summed E-state index contributed by atoms with van der Waals surface area (Å²) in [5, 5.41) is 3.45. The Morgan fingerprint density at radius 1 is 1.20 bits per heavy atom. The van der Waals surface area contributed by atoms with Crippen LogP contribution < -0.4 is 10.1 Å². The van der Waals surface area contributed by atoms with Crippen molar-refractivity contribution >= 4 is 0 Å². The number of rotatable bonds is 5. The number of benzene rings is 1. The maximum Gasteiger partial charge on any atom is 0.124 e. The van der Waals surface area contributed by atoms with Gasteiger partial charge in [-0.1, -0.05) is 24.6 Å². The molecule has 0 fully saturated rings. The van der Waals surface area contributed by atoms with Crippen molar-refractivity contribution in [3.05, 3.63) is 53.1 Å². The van der Waals surface area contributed by atoms with Crippen LogP contribution in [0.15, 0.2) is 30.6 Å². The molecule has 1 aromatic carbocycles. The zero-order chi connectivity index (χ0) is 14.5. The van der Waals surface area contributed by atoms with Crippen molar-refractivity contribution in [3.8, 4) is 5.75 Å². The SMILES string of the molecule is CCNC(c1cnc(C)cn1)c1cc(C)ccc1OC. The fraction of sp³-hybridized carbons (Fsp3) is 0.375. The van der Waals surface area contributed by atoms with E-state index in [0.717, 1.165) is 29.2 Å². The van der Waals surface area contributed by atoms with Gasteiger partial charge in [0.05, 0.1) is 30.7 Å². The summed E-state index contributed by atoms with van der Waals surface area (Å²) in [4.78, 5) is 8.84. The summed E-state index contributed by atoms with van der Waals surface area (Å²) in [6.07, 6.45) is 3.62. The van der Waals surface area contributed by atoms with Crippen molar-refractivity contribution in [1.82, 2.24) is 15.3 Å². The second kappa shape index (κ2) is 6.48. The molecule has 0 aliphatic carbocycles. The molecule has 1 unspecified atom stereocenters. The lowest BCUT2D eigenvalue weighted by atomic mass is 10.0. The predicted molar refractivity (Wildman–Crippen MR) is 80.0 cm³/mol. The maximum atomic E-state index is 5.48. The first-order chi connectivity index (χ1) is 9.65. The van der Waals surface area contributed by atoms with E-state index in [0.29, 0.717) is 0 Å². The summed E-state index contributed by atoms with van der Waals surface area (Å²) in [5.74, 6) is 0.865. The van der Waals surface area contributed by atoms with E-state index in [4.69, 9.17) is 4.74 Å². The van der Waals surface area contributed by atoms with Crippen LogP contribution in [0.25, 0.3) is 0 Å². The highest BCUT2D eigenvalue weighted by Crippen LogP contribution is 2.29. The van der Waals surface area contributed by atoms with E-state index < -0.39 is 0 Å². The molecule has 0 aliphatic rings. The highest BCUT2D eigenvalue weighted by Gasteiger charge is 2.19. The van der Waals surface area contributed by atoms with Gasteiger partial charge in [-0.3, -0.25) is 9.97 Å². The summed E-state index contributed by atoms with van der Waals surface area (Å²) in [5.41, 5.74) is 4.11. The third kappa shape index (κ3) is 3.14. The van der Waals surface area contributed by atoms with Crippen molar-refractivity contribution in [1.29, 1.82) is 0 Å². The molecule has 1 atom stereocenters. The molecular weight excluding hydrogens is 250 g/mol. The molecular formula is C16H21N3O. The lowest BCUT2D eigenvalue weighted by Crippen LogP contribution is -2.23. The number of hydrogen-bond acceptors (Lipinski definition) is 4. The molecule has 1 aromatic heterocycles. The molecule has 0 saturated heterocycles. The minimum absolute atomic E-state index is 0.0112. The number of nitrogens with zero attached hydrogens (tertiary/aromatic N) is 2. The minimum Gasteiger partial charge on any atom is -0.496 e. The maximum absolute atomic E-state index is 5.48. The van der Waals surface area contributed by atoms with Gasteiger partial charge in [-0.25, -0.2) is 0 Å². The van der Waals surface area contributed by atoms with Crippen molar-refractivity contribution in [2.24, 2.45) is 0 Å². The first-order valence-corrected chi connectivity index (χ1v) is 6.82. The van der Waals surface area contributed by atoms with E-state index in [-0.39, 0.29) is 6.04 Å². The molecule has 4 nitrogen and oxygen atoms in total. The van der Waals surface area contributed by atoms with E-state index in [1.807, 2.05) is 25.3 Å². The molecule has 2 aromatic rings. The summed E-state index contributed by atoms with van der Waals surface area (Å²) in [6.45, 7) is 6.94. The standard InChI is InChI=1S/C16H21N3O/c1-5-17-16(14-10-18-12(3)9-19-14)13-8-11(2)6-7-15(13)20-4/h6-10,16-17H,5H2,1-4H3. The molecule has 4 heteroatoms. The van der Waals surface area contributed by atoms with Gasteiger partial charge in [0.2, 0.25) is 0 Å². The van der Waals surface area contributed by atoms with Gasteiger partial charge in [-0.05, 0) is 26.5 Å². The average molecular weight is 271 g/mol. The molecule has 1 N–H and O–H groups in total. The number of nitrogens with one attached hydrogen (secondary N) is 1. The van der Waals surface area contributed by atoms with Gasteiger partial charge in [-0.2, -0.15) is 0 Å². The van der Waals surface area contributed by atoms with Gasteiger partial charge in [-0.15, -0.1) is 0 Å². The molecule has 0 aliphatic heterocycles.